The molecule has 0 amide bonds. The van der Waals surface area contributed by atoms with Crippen LogP contribution < -0.4 is 5.32 Å². The van der Waals surface area contributed by atoms with Crippen molar-refractivity contribution >= 4 is 11.8 Å². The van der Waals surface area contributed by atoms with Crippen LogP contribution in [0.5, 0.6) is 0 Å². The zero-order chi connectivity index (χ0) is 26.3. The van der Waals surface area contributed by atoms with Crippen LogP contribution in [0, 0.1) is 5.92 Å². The van der Waals surface area contributed by atoms with E-state index in [1.807, 2.05) is 83.1 Å². The molecule has 0 saturated heterocycles. The van der Waals surface area contributed by atoms with Crippen molar-refractivity contribution in [2.45, 2.75) is 78.5 Å². The number of carbonyl (C=O) groups is 2. The summed E-state index contributed by atoms with van der Waals surface area (Å²) in [5, 5.41) is 18.0. The Morgan fingerprint density at radius 3 is 2.36 bits per heavy atom. The molecule has 0 aliphatic heterocycles. The molecule has 1 heterocycles. The second kappa shape index (κ2) is 12.0. The standard InChI is InChI=1S/C28H37N5O3/c1-7-8-14-23(34)25(29-24(18(2)3)27(35)36-28(4,5)6)20-15-16-21(19-12-10-9-11-13-19)22(17-20)26-30-32-33-31-26/h9-13,15-18,24-25,29H,7-8,14H2,1-6H3,(H,30,31,32,33)/t24-,25-/m0/s1. The van der Waals surface area contributed by atoms with Gasteiger partial charge in [0.05, 0.1) is 6.04 Å². The summed E-state index contributed by atoms with van der Waals surface area (Å²) in [6.45, 7) is 11.5. The number of ketones is 1. The summed E-state index contributed by atoms with van der Waals surface area (Å²) in [6, 6.07) is 14.4. The normalized spacial score (nSPS) is 13.4. The van der Waals surface area contributed by atoms with Crippen molar-refractivity contribution in [3.05, 3.63) is 54.1 Å². The Kier molecular flexibility index (Phi) is 9.09. The Hall–Kier alpha value is -3.39. The Morgan fingerprint density at radius 2 is 1.78 bits per heavy atom. The second-order valence-corrected chi connectivity index (χ2v) is 10.3. The van der Waals surface area contributed by atoms with Gasteiger partial charge in [-0.2, -0.15) is 5.21 Å². The molecule has 8 nitrogen and oxygen atoms in total. The number of carbonyl (C=O) groups excluding carboxylic acids is 2. The largest absolute Gasteiger partial charge is 0.459 e. The smallest absolute Gasteiger partial charge is 0.323 e. The van der Waals surface area contributed by atoms with Crippen molar-refractivity contribution in [2.24, 2.45) is 5.92 Å². The highest BCUT2D eigenvalue weighted by Crippen LogP contribution is 2.33. The van der Waals surface area contributed by atoms with E-state index < -0.39 is 17.7 Å². The molecule has 2 N–H and O–H groups in total. The zero-order valence-electron chi connectivity index (χ0n) is 22.0. The number of H-pyrrole nitrogens is 1. The third-order valence-corrected chi connectivity index (χ3v) is 5.82. The van der Waals surface area contributed by atoms with E-state index in [0.29, 0.717) is 12.2 Å². The lowest BCUT2D eigenvalue weighted by molar-refractivity contribution is -0.159. The highest BCUT2D eigenvalue weighted by atomic mass is 16.6. The summed E-state index contributed by atoms with van der Waals surface area (Å²) in [6.07, 6.45) is 2.08. The van der Waals surface area contributed by atoms with Gasteiger partial charge in [-0.15, -0.1) is 10.2 Å². The van der Waals surface area contributed by atoms with Crippen LogP contribution in [0.1, 0.15) is 72.4 Å². The van der Waals surface area contributed by atoms with Crippen LogP contribution in [0.3, 0.4) is 0 Å². The Balaban J connectivity index is 2.06. The van der Waals surface area contributed by atoms with Crippen molar-refractivity contribution in [1.29, 1.82) is 0 Å². The molecule has 2 aromatic carbocycles. The Morgan fingerprint density at radius 1 is 1.06 bits per heavy atom. The van der Waals surface area contributed by atoms with Gasteiger partial charge in [-0.1, -0.05) is 69.7 Å². The SMILES string of the molecule is CCCCC(=O)[C@@H](N[C@H](C(=O)OC(C)(C)C)C(C)C)c1ccc(-c2ccccc2)c(-c2nn[nH]n2)c1. The highest BCUT2D eigenvalue weighted by molar-refractivity contribution is 5.88. The summed E-state index contributed by atoms with van der Waals surface area (Å²) in [5.74, 6) is 0.00674. The van der Waals surface area contributed by atoms with Gasteiger partial charge in [-0.05, 0) is 61.1 Å². The van der Waals surface area contributed by atoms with Crippen LogP contribution in [-0.2, 0) is 14.3 Å². The summed E-state index contributed by atoms with van der Waals surface area (Å²) in [7, 11) is 0. The number of tetrazole rings is 1. The van der Waals surface area contributed by atoms with Gasteiger partial charge in [0.25, 0.3) is 0 Å². The molecule has 0 bridgehead atoms. The van der Waals surface area contributed by atoms with Crippen molar-refractivity contribution in [3.8, 4) is 22.5 Å². The molecule has 0 fully saturated rings. The van der Waals surface area contributed by atoms with Crippen LogP contribution in [0.25, 0.3) is 22.5 Å². The average molecular weight is 492 g/mol. The Bertz CT molecular complexity index is 1140. The molecule has 0 aliphatic rings. The Labute approximate surface area is 213 Å². The third-order valence-electron chi connectivity index (χ3n) is 5.82. The van der Waals surface area contributed by atoms with Crippen molar-refractivity contribution in [1.82, 2.24) is 25.9 Å². The minimum absolute atomic E-state index is 0.0255. The zero-order valence-corrected chi connectivity index (χ0v) is 22.0. The van der Waals surface area contributed by atoms with Gasteiger partial charge in [-0.25, -0.2) is 0 Å². The van der Waals surface area contributed by atoms with Crippen LogP contribution >= 0.6 is 0 Å². The maximum atomic E-state index is 13.5. The molecule has 0 spiro atoms. The van der Waals surface area contributed by atoms with E-state index in [2.05, 4.69) is 32.9 Å². The maximum absolute atomic E-state index is 13.5. The number of hydrogen-bond donors (Lipinski definition) is 2. The number of nitrogens with one attached hydrogen (secondary N) is 2. The number of unbranched alkanes of at least 4 members (excludes halogenated alkanes) is 1. The van der Waals surface area contributed by atoms with E-state index >= 15 is 0 Å². The molecule has 0 saturated carbocycles. The van der Waals surface area contributed by atoms with Crippen molar-refractivity contribution in [3.63, 3.8) is 0 Å². The van der Waals surface area contributed by atoms with E-state index in [0.717, 1.165) is 35.1 Å². The van der Waals surface area contributed by atoms with Crippen molar-refractivity contribution in [2.75, 3.05) is 0 Å². The van der Waals surface area contributed by atoms with Crippen molar-refractivity contribution < 1.29 is 14.3 Å². The quantitative estimate of drug-likeness (QED) is 0.351. The number of aromatic amines is 1. The summed E-state index contributed by atoms with van der Waals surface area (Å²) >= 11 is 0. The first-order valence-electron chi connectivity index (χ1n) is 12.6. The van der Waals surface area contributed by atoms with E-state index in [1.54, 1.807) is 0 Å². The topological polar surface area (TPSA) is 110 Å². The van der Waals surface area contributed by atoms with Gasteiger partial charge in [0, 0.05) is 12.0 Å². The molecule has 0 unspecified atom stereocenters. The monoisotopic (exact) mass is 491 g/mol. The molecular formula is C28H37N5O3. The lowest BCUT2D eigenvalue weighted by Crippen LogP contribution is -2.47. The summed E-state index contributed by atoms with van der Waals surface area (Å²) in [5.41, 5.74) is 2.79. The number of aromatic nitrogens is 4. The molecule has 0 radical (unpaired) electrons. The molecule has 0 aliphatic carbocycles. The minimum Gasteiger partial charge on any atom is -0.459 e. The van der Waals surface area contributed by atoms with Gasteiger partial charge in [0.1, 0.15) is 11.6 Å². The predicted octanol–water partition coefficient (Wildman–Crippen LogP) is 5.29. The molecule has 8 heteroatoms. The predicted molar refractivity (Wildman–Crippen MR) is 140 cm³/mol. The first-order chi connectivity index (χ1) is 17.1. The van der Waals surface area contributed by atoms with Crippen LogP contribution in [-0.4, -0.2) is 44.0 Å². The molecule has 3 aromatic rings. The highest BCUT2D eigenvalue weighted by Gasteiger charge is 2.33. The fourth-order valence-corrected chi connectivity index (χ4v) is 4.02. The third kappa shape index (κ3) is 7.07. The maximum Gasteiger partial charge on any atom is 0.323 e. The molecule has 3 rings (SSSR count). The molecular weight excluding hydrogens is 454 g/mol. The van der Waals surface area contributed by atoms with E-state index in [-0.39, 0.29) is 17.7 Å². The number of esters is 1. The minimum atomic E-state index is -0.688. The lowest BCUT2D eigenvalue weighted by atomic mass is 9.91. The lowest BCUT2D eigenvalue weighted by Gasteiger charge is -2.30. The van der Waals surface area contributed by atoms with Gasteiger partial charge >= 0.3 is 5.97 Å². The van der Waals surface area contributed by atoms with Gasteiger partial charge < -0.3 is 4.74 Å². The van der Waals surface area contributed by atoms with Crippen LogP contribution in [0.2, 0.25) is 0 Å². The molecule has 192 valence electrons. The number of Topliss-reactive ketones (excluding diaryl/α,β-unsaturated/α-hetero) is 1. The van der Waals surface area contributed by atoms with E-state index in [4.69, 9.17) is 4.74 Å². The summed E-state index contributed by atoms with van der Waals surface area (Å²) in [4.78, 5) is 26.5. The fraction of sp³-hybridized carbons (Fsp3) is 0.464. The number of nitrogens with zero attached hydrogens (tertiary/aromatic N) is 3. The number of rotatable bonds is 11. The van der Waals surface area contributed by atoms with E-state index in [9.17, 15) is 9.59 Å². The van der Waals surface area contributed by atoms with Gasteiger partial charge in [-0.3, -0.25) is 14.9 Å². The number of benzene rings is 2. The first-order valence-corrected chi connectivity index (χ1v) is 12.6. The van der Waals surface area contributed by atoms with E-state index in [1.165, 1.54) is 0 Å². The van der Waals surface area contributed by atoms with Crippen LogP contribution in [0.15, 0.2) is 48.5 Å². The number of hydrogen-bond acceptors (Lipinski definition) is 7. The molecule has 2 atom stereocenters. The van der Waals surface area contributed by atoms with Gasteiger partial charge in [0.2, 0.25) is 5.82 Å². The van der Waals surface area contributed by atoms with Crippen LogP contribution in [0.4, 0.5) is 0 Å². The summed E-state index contributed by atoms with van der Waals surface area (Å²) < 4.78 is 5.67. The average Bonchev–Trinajstić information content (AvgIpc) is 3.37. The fourth-order valence-electron chi connectivity index (χ4n) is 4.02. The molecule has 36 heavy (non-hydrogen) atoms. The molecule has 1 aromatic heterocycles. The second-order valence-electron chi connectivity index (χ2n) is 10.3. The van der Waals surface area contributed by atoms with Gasteiger partial charge in [0.15, 0.2) is 5.78 Å². The first kappa shape index (κ1) is 27.2. The number of ether oxygens (including phenoxy) is 1.